The van der Waals surface area contributed by atoms with Gasteiger partial charge in [-0.15, -0.1) is 0 Å². The Morgan fingerprint density at radius 2 is 1.70 bits per heavy atom. The number of carbonyl (C=O) groups excluding carboxylic acids is 1. The van der Waals surface area contributed by atoms with Crippen LogP contribution in [0.1, 0.15) is 91.4 Å². The quantitative estimate of drug-likeness (QED) is 0.331. The summed E-state index contributed by atoms with van der Waals surface area (Å²) in [7, 11) is 0. The van der Waals surface area contributed by atoms with Crippen molar-refractivity contribution in [2.75, 3.05) is 6.54 Å². The first-order valence-electron chi connectivity index (χ1n) is 9.63. The van der Waals surface area contributed by atoms with E-state index in [1.54, 1.807) is 0 Å². The molecule has 136 valence electrons. The van der Waals surface area contributed by atoms with Gasteiger partial charge in [-0.1, -0.05) is 71.8 Å². The van der Waals surface area contributed by atoms with Crippen molar-refractivity contribution in [2.45, 2.75) is 96.9 Å². The van der Waals surface area contributed by atoms with E-state index in [1.165, 1.54) is 63.9 Å². The molecule has 0 radical (unpaired) electrons. The predicted octanol–water partition coefficient (Wildman–Crippen LogP) is 4.95. The molecule has 0 saturated heterocycles. The molecule has 3 heteroatoms. The van der Waals surface area contributed by atoms with E-state index in [1.807, 2.05) is 0 Å². The van der Waals surface area contributed by atoms with Crippen molar-refractivity contribution >= 4 is 5.91 Å². The van der Waals surface area contributed by atoms with Gasteiger partial charge >= 0.3 is 0 Å². The van der Waals surface area contributed by atoms with Gasteiger partial charge in [0.2, 0.25) is 5.91 Å². The molecule has 0 aromatic rings. The van der Waals surface area contributed by atoms with Crippen LogP contribution in [-0.4, -0.2) is 18.0 Å². The third-order valence-corrected chi connectivity index (χ3v) is 4.99. The molecule has 0 rings (SSSR count). The molecule has 0 bridgehead atoms. The van der Waals surface area contributed by atoms with Gasteiger partial charge in [-0.25, -0.2) is 0 Å². The molecule has 2 unspecified atom stereocenters. The largest absolute Gasteiger partial charge is 0.353 e. The maximum absolute atomic E-state index is 11.1. The van der Waals surface area contributed by atoms with Gasteiger partial charge in [0.25, 0.3) is 0 Å². The van der Waals surface area contributed by atoms with Gasteiger partial charge in [-0.2, -0.15) is 0 Å². The number of hydrogen-bond donors (Lipinski definition) is 2. The van der Waals surface area contributed by atoms with E-state index in [0.29, 0.717) is 12.5 Å². The Balaban J connectivity index is 3.67. The third kappa shape index (κ3) is 12.3. The fourth-order valence-electron chi connectivity index (χ4n) is 2.91. The molecule has 0 aromatic heterocycles. The summed E-state index contributed by atoms with van der Waals surface area (Å²) in [5.74, 6) is 0.424. The zero-order valence-electron chi connectivity index (χ0n) is 15.8. The highest BCUT2D eigenvalue weighted by Crippen LogP contribution is 2.25. The van der Waals surface area contributed by atoms with Crippen molar-refractivity contribution in [3.8, 4) is 0 Å². The Morgan fingerprint density at radius 3 is 2.26 bits per heavy atom. The predicted molar refractivity (Wildman–Crippen MR) is 101 cm³/mol. The first-order chi connectivity index (χ1) is 10.9. The summed E-state index contributed by atoms with van der Waals surface area (Å²) in [5, 5.41) is 2.81. The van der Waals surface area contributed by atoms with Crippen LogP contribution in [0.5, 0.6) is 0 Å². The summed E-state index contributed by atoms with van der Waals surface area (Å²) in [6.45, 7) is 10.8. The lowest BCUT2D eigenvalue weighted by atomic mass is 9.81. The maximum atomic E-state index is 11.1. The van der Waals surface area contributed by atoms with Gasteiger partial charge in [0, 0.05) is 12.1 Å². The van der Waals surface area contributed by atoms with Crippen LogP contribution >= 0.6 is 0 Å². The van der Waals surface area contributed by atoms with E-state index >= 15 is 0 Å². The topological polar surface area (TPSA) is 55.1 Å². The van der Waals surface area contributed by atoms with E-state index in [0.717, 1.165) is 12.8 Å². The van der Waals surface area contributed by atoms with Crippen LogP contribution in [0.25, 0.3) is 0 Å². The highest BCUT2D eigenvalue weighted by Gasteiger charge is 2.25. The molecular formula is C20H40N2O. The molecule has 0 aliphatic heterocycles. The van der Waals surface area contributed by atoms with Gasteiger partial charge in [-0.3, -0.25) is 4.79 Å². The van der Waals surface area contributed by atoms with Gasteiger partial charge in [-0.05, 0) is 38.2 Å². The summed E-state index contributed by atoms with van der Waals surface area (Å²) >= 11 is 0. The summed E-state index contributed by atoms with van der Waals surface area (Å²) in [5.41, 5.74) is 6.33. The van der Waals surface area contributed by atoms with Gasteiger partial charge in [0.05, 0.1) is 0 Å². The van der Waals surface area contributed by atoms with E-state index in [4.69, 9.17) is 5.73 Å². The number of rotatable bonds is 15. The molecule has 0 aliphatic carbocycles. The lowest BCUT2D eigenvalue weighted by Crippen LogP contribution is -2.43. The van der Waals surface area contributed by atoms with Crippen LogP contribution < -0.4 is 11.1 Å². The summed E-state index contributed by atoms with van der Waals surface area (Å²) in [6, 6.07) is 0. The van der Waals surface area contributed by atoms with Gasteiger partial charge in [0.1, 0.15) is 0 Å². The Bertz CT molecular complexity index is 313. The van der Waals surface area contributed by atoms with E-state index in [-0.39, 0.29) is 11.4 Å². The molecule has 0 saturated carbocycles. The second-order valence-corrected chi connectivity index (χ2v) is 7.27. The number of carbonyl (C=O) groups is 1. The summed E-state index contributed by atoms with van der Waals surface area (Å²) in [6.07, 6.45) is 15.3. The zero-order valence-corrected chi connectivity index (χ0v) is 15.8. The van der Waals surface area contributed by atoms with Crippen molar-refractivity contribution in [1.82, 2.24) is 5.32 Å². The molecule has 0 aliphatic rings. The fraction of sp³-hybridized carbons (Fsp3) is 0.850. The normalized spacial score (nSPS) is 15.0. The molecule has 0 fully saturated rings. The Morgan fingerprint density at radius 1 is 1.13 bits per heavy atom. The molecule has 0 heterocycles. The third-order valence-electron chi connectivity index (χ3n) is 4.99. The Labute approximate surface area is 144 Å². The first-order valence-corrected chi connectivity index (χ1v) is 9.63. The number of unbranched alkanes of at least 4 members (excludes halogenated alkanes) is 7. The van der Waals surface area contributed by atoms with E-state index in [9.17, 15) is 4.79 Å². The van der Waals surface area contributed by atoms with E-state index in [2.05, 4.69) is 32.7 Å². The molecular weight excluding hydrogens is 284 g/mol. The van der Waals surface area contributed by atoms with Crippen molar-refractivity contribution in [1.29, 1.82) is 0 Å². The lowest BCUT2D eigenvalue weighted by molar-refractivity contribution is -0.116. The van der Waals surface area contributed by atoms with Crippen molar-refractivity contribution in [3.05, 3.63) is 12.7 Å². The minimum Gasteiger partial charge on any atom is -0.353 e. The number of nitrogens with two attached hydrogens (primary N) is 1. The average molecular weight is 325 g/mol. The summed E-state index contributed by atoms with van der Waals surface area (Å²) < 4.78 is 0. The number of amides is 1. The highest BCUT2D eigenvalue weighted by molar-refractivity contribution is 5.86. The fourth-order valence-corrected chi connectivity index (χ4v) is 2.91. The van der Waals surface area contributed by atoms with Crippen molar-refractivity contribution < 1.29 is 4.79 Å². The molecule has 2 atom stereocenters. The van der Waals surface area contributed by atoms with Crippen molar-refractivity contribution in [3.63, 3.8) is 0 Å². The van der Waals surface area contributed by atoms with Crippen molar-refractivity contribution in [2.24, 2.45) is 11.7 Å². The molecule has 23 heavy (non-hydrogen) atoms. The standard InChI is InChI=1S/C20H40N2O/c1-5-7-8-9-10-11-12-13-15-18(3)20(4,21)16-14-17-22-19(23)6-2/h6,18H,2,5,7-17,21H2,1,3-4H3,(H,22,23). The zero-order chi connectivity index (χ0) is 17.6. The average Bonchev–Trinajstić information content (AvgIpc) is 2.53. The van der Waals surface area contributed by atoms with Crippen LogP contribution in [0.3, 0.4) is 0 Å². The maximum Gasteiger partial charge on any atom is 0.243 e. The van der Waals surface area contributed by atoms with Gasteiger partial charge < -0.3 is 11.1 Å². The molecule has 3 nitrogen and oxygen atoms in total. The smallest absolute Gasteiger partial charge is 0.243 e. The number of hydrogen-bond acceptors (Lipinski definition) is 2. The minimum atomic E-state index is -0.139. The van der Waals surface area contributed by atoms with Gasteiger partial charge in [0.15, 0.2) is 0 Å². The van der Waals surface area contributed by atoms with Crippen LogP contribution in [0, 0.1) is 5.92 Å². The molecule has 0 aromatic carbocycles. The van der Waals surface area contributed by atoms with Crippen LogP contribution in [0.4, 0.5) is 0 Å². The second-order valence-electron chi connectivity index (χ2n) is 7.27. The molecule has 0 spiro atoms. The second kappa shape index (κ2) is 13.6. The Hall–Kier alpha value is -0.830. The summed E-state index contributed by atoms with van der Waals surface area (Å²) in [4.78, 5) is 11.1. The monoisotopic (exact) mass is 324 g/mol. The minimum absolute atomic E-state index is 0.101. The molecule has 3 N–H and O–H groups in total. The van der Waals surface area contributed by atoms with Crippen LogP contribution in [-0.2, 0) is 4.79 Å². The first kappa shape index (κ1) is 22.2. The highest BCUT2D eigenvalue weighted by atomic mass is 16.1. The molecule has 1 amide bonds. The van der Waals surface area contributed by atoms with Crippen LogP contribution in [0.2, 0.25) is 0 Å². The SMILES string of the molecule is C=CC(=O)NCCCC(C)(N)C(C)CCCCCCCCCC. The Kier molecular flexibility index (Phi) is 13.1. The number of nitrogens with one attached hydrogen (secondary N) is 1. The lowest BCUT2D eigenvalue weighted by Gasteiger charge is -2.32. The van der Waals surface area contributed by atoms with Crippen LogP contribution in [0.15, 0.2) is 12.7 Å². The van der Waals surface area contributed by atoms with E-state index < -0.39 is 0 Å².